The van der Waals surface area contributed by atoms with Gasteiger partial charge in [-0.2, -0.15) is 0 Å². The van der Waals surface area contributed by atoms with E-state index in [0.29, 0.717) is 11.8 Å². The molecule has 27 heavy (non-hydrogen) atoms. The molecule has 1 aromatic heterocycles. The van der Waals surface area contributed by atoms with Crippen LogP contribution in [-0.4, -0.2) is 10.2 Å². The van der Waals surface area contributed by atoms with Crippen molar-refractivity contribution >= 4 is 33.7 Å². The molecule has 0 atom stereocenters. The van der Waals surface area contributed by atoms with Gasteiger partial charge in [0.25, 0.3) is 0 Å². The molecule has 4 aromatic carbocycles. The third-order valence-corrected chi connectivity index (χ3v) is 4.64. The van der Waals surface area contributed by atoms with Gasteiger partial charge in [0.2, 0.25) is 11.8 Å². The van der Waals surface area contributed by atoms with Gasteiger partial charge in [0.15, 0.2) is 0 Å². The first-order chi connectivity index (χ1) is 13.4. The van der Waals surface area contributed by atoms with Gasteiger partial charge in [-0.1, -0.05) is 78.9 Å². The van der Waals surface area contributed by atoms with E-state index >= 15 is 0 Å². The quantitative estimate of drug-likeness (QED) is 0.364. The number of fused-ring (bicyclic) bond motifs is 2. The summed E-state index contributed by atoms with van der Waals surface area (Å²) >= 11 is 0. The SMILES string of the molecule is C(=C\c1nnc(-c2c3ccccc3cc3ccccc23)o1)/c1ccccc1. The highest BCUT2D eigenvalue weighted by Gasteiger charge is 2.15. The van der Waals surface area contributed by atoms with Crippen molar-refractivity contribution in [3.8, 4) is 11.5 Å². The monoisotopic (exact) mass is 348 g/mol. The van der Waals surface area contributed by atoms with E-state index in [1.165, 1.54) is 0 Å². The fraction of sp³-hybridized carbons (Fsp3) is 0. The predicted octanol–water partition coefficient (Wildman–Crippen LogP) is 6.21. The lowest BCUT2D eigenvalue weighted by atomic mass is 9.97. The summed E-state index contributed by atoms with van der Waals surface area (Å²) in [5, 5.41) is 13.1. The highest BCUT2D eigenvalue weighted by atomic mass is 16.4. The van der Waals surface area contributed by atoms with Crippen molar-refractivity contribution in [3.63, 3.8) is 0 Å². The van der Waals surface area contributed by atoms with Crippen molar-refractivity contribution in [1.29, 1.82) is 0 Å². The van der Waals surface area contributed by atoms with Crippen molar-refractivity contribution in [2.24, 2.45) is 0 Å². The van der Waals surface area contributed by atoms with Gasteiger partial charge in [-0.15, -0.1) is 10.2 Å². The summed E-state index contributed by atoms with van der Waals surface area (Å²) < 4.78 is 6.00. The maximum atomic E-state index is 6.00. The van der Waals surface area contributed by atoms with Crippen molar-refractivity contribution < 1.29 is 4.42 Å². The summed E-state index contributed by atoms with van der Waals surface area (Å²) in [5.74, 6) is 1.03. The lowest BCUT2D eigenvalue weighted by molar-refractivity contribution is 0.559. The number of nitrogens with zero attached hydrogens (tertiary/aromatic N) is 2. The number of benzene rings is 4. The standard InChI is InChI=1S/C24H16N2O/c1-2-8-17(9-3-1)14-15-22-25-26-24(27-22)23-20-12-6-4-10-18(20)16-19-11-5-7-13-21(19)23/h1-16H/b15-14+. The molecular weight excluding hydrogens is 332 g/mol. The summed E-state index contributed by atoms with van der Waals surface area (Å²) in [6.45, 7) is 0. The molecule has 0 fully saturated rings. The molecule has 0 N–H and O–H groups in total. The average molecular weight is 348 g/mol. The van der Waals surface area contributed by atoms with E-state index in [0.717, 1.165) is 32.7 Å². The van der Waals surface area contributed by atoms with E-state index in [4.69, 9.17) is 4.42 Å². The van der Waals surface area contributed by atoms with Crippen LogP contribution in [-0.2, 0) is 0 Å². The van der Waals surface area contributed by atoms with E-state index < -0.39 is 0 Å². The van der Waals surface area contributed by atoms with Crippen LogP contribution in [0.15, 0.2) is 89.3 Å². The van der Waals surface area contributed by atoms with Gasteiger partial charge in [-0.25, -0.2) is 0 Å². The topological polar surface area (TPSA) is 38.9 Å². The number of hydrogen-bond donors (Lipinski definition) is 0. The van der Waals surface area contributed by atoms with Gasteiger partial charge in [-0.05, 0) is 39.3 Å². The van der Waals surface area contributed by atoms with E-state index in [2.05, 4.69) is 40.5 Å². The fourth-order valence-electron chi connectivity index (χ4n) is 3.38. The molecule has 0 radical (unpaired) electrons. The van der Waals surface area contributed by atoms with Gasteiger partial charge in [0.05, 0.1) is 5.56 Å². The van der Waals surface area contributed by atoms with E-state index in [1.807, 2.05) is 66.7 Å². The molecule has 0 unspecified atom stereocenters. The molecule has 0 amide bonds. The Balaban J connectivity index is 1.65. The molecule has 0 saturated carbocycles. The van der Waals surface area contributed by atoms with E-state index in [1.54, 1.807) is 0 Å². The van der Waals surface area contributed by atoms with Crippen molar-refractivity contribution in [2.45, 2.75) is 0 Å². The molecule has 5 rings (SSSR count). The minimum Gasteiger partial charge on any atom is -0.417 e. The van der Waals surface area contributed by atoms with Crippen LogP contribution in [0, 0.1) is 0 Å². The van der Waals surface area contributed by atoms with Crippen LogP contribution in [0.1, 0.15) is 11.5 Å². The second kappa shape index (κ2) is 6.54. The molecule has 0 bridgehead atoms. The van der Waals surface area contributed by atoms with Crippen molar-refractivity contribution in [1.82, 2.24) is 10.2 Å². The Labute approximate surface area is 156 Å². The Bertz CT molecular complexity index is 1220. The summed E-state index contributed by atoms with van der Waals surface area (Å²) in [6, 6.07) is 28.8. The van der Waals surface area contributed by atoms with Crippen LogP contribution in [0.2, 0.25) is 0 Å². The maximum Gasteiger partial charge on any atom is 0.249 e. The van der Waals surface area contributed by atoms with Gasteiger partial charge in [-0.3, -0.25) is 0 Å². The Kier molecular flexibility index (Phi) is 3.76. The molecule has 0 aliphatic carbocycles. The number of hydrogen-bond acceptors (Lipinski definition) is 3. The Morgan fingerprint density at radius 2 is 1.26 bits per heavy atom. The molecule has 3 nitrogen and oxygen atoms in total. The molecule has 3 heteroatoms. The molecule has 0 aliphatic rings. The highest BCUT2D eigenvalue weighted by molar-refractivity contribution is 6.11. The Hall–Kier alpha value is -3.72. The van der Waals surface area contributed by atoms with Crippen molar-refractivity contribution in [2.75, 3.05) is 0 Å². The molecule has 5 aromatic rings. The van der Waals surface area contributed by atoms with Gasteiger partial charge >= 0.3 is 0 Å². The van der Waals surface area contributed by atoms with Crippen LogP contribution in [0.25, 0.3) is 45.2 Å². The lowest BCUT2D eigenvalue weighted by Gasteiger charge is -2.08. The van der Waals surface area contributed by atoms with Crippen LogP contribution < -0.4 is 0 Å². The molecule has 0 aliphatic heterocycles. The zero-order valence-electron chi connectivity index (χ0n) is 14.5. The molecule has 1 heterocycles. The fourth-order valence-corrected chi connectivity index (χ4v) is 3.38. The smallest absolute Gasteiger partial charge is 0.249 e. The van der Waals surface area contributed by atoms with Crippen LogP contribution in [0.3, 0.4) is 0 Å². The van der Waals surface area contributed by atoms with E-state index in [-0.39, 0.29) is 0 Å². The second-order valence-electron chi connectivity index (χ2n) is 6.38. The highest BCUT2D eigenvalue weighted by Crippen LogP contribution is 2.35. The molecule has 0 spiro atoms. The molecule has 0 saturated heterocycles. The Morgan fingerprint density at radius 3 is 1.96 bits per heavy atom. The Morgan fingerprint density at radius 1 is 0.630 bits per heavy atom. The zero-order chi connectivity index (χ0) is 18.1. The third kappa shape index (κ3) is 2.89. The minimum absolute atomic E-state index is 0.492. The number of aromatic nitrogens is 2. The average Bonchev–Trinajstić information content (AvgIpc) is 3.20. The minimum atomic E-state index is 0.492. The first kappa shape index (κ1) is 15.5. The van der Waals surface area contributed by atoms with Gasteiger partial charge in [0.1, 0.15) is 0 Å². The van der Waals surface area contributed by atoms with Gasteiger partial charge < -0.3 is 4.42 Å². The normalized spacial score (nSPS) is 11.6. The zero-order valence-corrected chi connectivity index (χ0v) is 14.5. The summed E-state index contributed by atoms with van der Waals surface area (Å²) in [7, 11) is 0. The summed E-state index contributed by atoms with van der Waals surface area (Å²) in [5.41, 5.74) is 2.07. The lowest BCUT2D eigenvalue weighted by Crippen LogP contribution is -1.85. The largest absolute Gasteiger partial charge is 0.417 e. The second-order valence-corrected chi connectivity index (χ2v) is 6.38. The molecule has 128 valence electrons. The summed E-state index contributed by atoms with van der Waals surface area (Å²) in [6.07, 6.45) is 3.82. The van der Waals surface area contributed by atoms with Crippen molar-refractivity contribution in [3.05, 3.63) is 96.4 Å². The number of rotatable bonds is 3. The van der Waals surface area contributed by atoms with E-state index in [9.17, 15) is 0 Å². The predicted molar refractivity (Wildman–Crippen MR) is 110 cm³/mol. The third-order valence-electron chi connectivity index (χ3n) is 4.64. The van der Waals surface area contributed by atoms with Crippen LogP contribution in [0.5, 0.6) is 0 Å². The first-order valence-corrected chi connectivity index (χ1v) is 8.86. The van der Waals surface area contributed by atoms with Gasteiger partial charge in [0, 0.05) is 6.08 Å². The van der Waals surface area contributed by atoms with Crippen LogP contribution in [0.4, 0.5) is 0 Å². The molecular formula is C24H16N2O. The summed E-state index contributed by atoms with van der Waals surface area (Å²) in [4.78, 5) is 0. The first-order valence-electron chi connectivity index (χ1n) is 8.86. The maximum absolute atomic E-state index is 6.00. The van der Waals surface area contributed by atoms with Crippen LogP contribution >= 0.6 is 0 Å².